The van der Waals surface area contributed by atoms with Crippen molar-refractivity contribution in [2.45, 2.75) is 48.0 Å². The second-order valence-corrected chi connectivity index (χ2v) is 6.10. The van der Waals surface area contributed by atoms with Crippen molar-refractivity contribution in [3.63, 3.8) is 0 Å². The Labute approximate surface area is 118 Å². The van der Waals surface area contributed by atoms with Crippen molar-refractivity contribution in [3.8, 4) is 0 Å². The molecule has 0 amide bonds. The third-order valence-electron chi connectivity index (χ3n) is 4.01. The zero-order valence-corrected chi connectivity index (χ0v) is 13.4. The van der Waals surface area contributed by atoms with Crippen LogP contribution in [-0.4, -0.2) is 23.8 Å². The van der Waals surface area contributed by atoms with Crippen LogP contribution in [0.4, 0.5) is 0 Å². The lowest BCUT2D eigenvalue weighted by Crippen LogP contribution is -2.28. The zero-order chi connectivity index (χ0) is 14.6. The van der Waals surface area contributed by atoms with Crippen LogP contribution in [0.2, 0.25) is 0 Å². The molecule has 0 aromatic carbocycles. The number of allylic oxidation sites excluding steroid dienone is 3. The molecule has 0 aliphatic heterocycles. The molecule has 1 rings (SSSR count). The maximum absolute atomic E-state index is 12.5. The van der Waals surface area contributed by atoms with Crippen molar-refractivity contribution in [1.29, 1.82) is 0 Å². The van der Waals surface area contributed by atoms with E-state index in [9.17, 15) is 4.79 Å². The molecule has 0 heterocycles. The number of ketones is 1. The van der Waals surface area contributed by atoms with Gasteiger partial charge in [0.15, 0.2) is 5.78 Å². The van der Waals surface area contributed by atoms with E-state index in [1.54, 1.807) is 0 Å². The van der Waals surface area contributed by atoms with Crippen LogP contribution in [0, 0.1) is 17.8 Å². The summed E-state index contributed by atoms with van der Waals surface area (Å²) in [4.78, 5) is 14.8. The van der Waals surface area contributed by atoms with Crippen molar-refractivity contribution < 1.29 is 4.79 Å². The third kappa shape index (κ3) is 3.95. The Hall–Kier alpha value is -1.05. The summed E-state index contributed by atoms with van der Waals surface area (Å²) in [5.41, 5.74) is 2.31. The summed E-state index contributed by atoms with van der Waals surface area (Å²) in [6, 6.07) is 0. The van der Waals surface area contributed by atoms with Crippen LogP contribution in [0.1, 0.15) is 48.0 Å². The Balaban J connectivity index is 3.09. The average molecular weight is 263 g/mol. The summed E-state index contributed by atoms with van der Waals surface area (Å²) in [5, 5.41) is 0. The molecule has 1 aliphatic carbocycles. The van der Waals surface area contributed by atoms with E-state index in [2.05, 4.69) is 58.7 Å². The molecule has 0 saturated heterocycles. The first-order chi connectivity index (χ1) is 8.90. The SMILES string of the molecule is CCN(C=C1C=C(C(C)C)C(=O)C(C(C)C)C1)CC. The Kier molecular flexibility index (Phi) is 5.84. The summed E-state index contributed by atoms with van der Waals surface area (Å²) in [7, 11) is 0. The Morgan fingerprint density at radius 2 is 1.84 bits per heavy atom. The van der Waals surface area contributed by atoms with Crippen LogP contribution >= 0.6 is 0 Å². The highest BCUT2D eigenvalue weighted by Gasteiger charge is 2.30. The highest BCUT2D eigenvalue weighted by Crippen LogP contribution is 2.33. The largest absolute Gasteiger partial charge is 0.378 e. The molecule has 2 heteroatoms. The molecule has 0 spiro atoms. The van der Waals surface area contributed by atoms with Gasteiger partial charge in [0.2, 0.25) is 0 Å². The number of carbonyl (C=O) groups excluding carboxylic acids is 1. The lowest BCUT2D eigenvalue weighted by atomic mass is 9.76. The molecule has 0 saturated carbocycles. The normalized spacial score (nSPS) is 22.3. The van der Waals surface area contributed by atoms with Gasteiger partial charge >= 0.3 is 0 Å². The third-order valence-corrected chi connectivity index (χ3v) is 4.01. The average Bonchev–Trinajstić information content (AvgIpc) is 2.36. The van der Waals surface area contributed by atoms with Gasteiger partial charge in [-0.1, -0.05) is 33.8 Å². The van der Waals surface area contributed by atoms with Crippen LogP contribution in [-0.2, 0) is 4.79 Å². The molecule has 1 atom stereocenters. The predicted molar refractivity (Wildman–Crippen MR) is 81.9 cm³/mol. The van der Waals surface area contributed by atoms with E-state index in [1.807, 2.05) is 0 Å². The van der Waals surface area contributed by atoms with Crippen LogP contribution in [0.5, 0.6) is 0 Å². The van der Waals surface area contributed by atoms with Crippen LogP contribution in [0.3, 0.4) is 0 Å². The molecule has 1 aliphatic rings. The minimum Gasteiger partial charge on any atom is -0.378 e. The molecular weight excluding hydrogens is 234 g/mol. The van der Waals surface area contributed by atoms with Gasteiger partial charge in [-0.2, -0.15) is 0 Å². The lowest BCUT2D eigenvalue weighted by Gasteiger charge is -2.29. The number of rotatable bonds is 5. The molecule has 108 valence electrons. The molecule has 2 nitrogen and oxygen atoms in total. The van der Waals surface area contributed by atoms with E-state index in [4.69, 9.17) is 0 Å². The van der Waals surface area contributed by atoms with Crippen molar-refractivity contribution in [1.82, 2.24) is 4.90 Å². The Morgan fingerprint density at radius 1 is 1.26 bits per heavy atom. The standard InChI is InChI=1S/C17H29NO/c1-7-18(8-2)11-14-9-15(12(3)4)17(19)16(10-14)13(5)6/h9,11-13,16H,7-8,10H2,1-6H3. The van der Waals surface area contributed by atoms with Gasteiger partial charge in [0.1, 0.15) is 0 Å². The minimum atomic E-state index is 0.157. The smallest absolute Gasteiger partial charge is 0.162 e. The number of hydrogen-bond acceptors (Lipinski definition) is 2. The number of carbonyl (C=O) groups is 1. The van der Waals surface area contributed by atoms with Crippen LogP contribution in [0.15, 0.2) is 23.4 Å². The maximum Gasteiger partial charge on any atom is 0.162 e. The Morgan fingerprint density at radius 3 is 2.26 bits per heavy atom. The molecule has 0 bridgehead atoms. The van der Waals surface area contributed by atoms with Crippen LogP contribution < -0.4 is 0 Å². The quantitative estimate of drug-likeness (QED) is 0.746. The van der Waals surface area contributed by atoms with E-state index in [1.165, 1.54) is 5.57 Å². The molecule has 0 radical (unpaired) electrons. The van der Waals surface area contributed by atoms with Gasteiger partial charge < -0.3 is 4.90 Å². The second-order valence-electron chi connectivity index (χ2n) is 6.10. The minimum absolute atomic E-state index is 0.157. The van der Waals surface area contributed by atoms with E-state index in [-0.39, 0.29) is 5.92 Å². The van der Waals surface area contributed by atoms with Crippen molar-refractivity contribution >= 4 is 5.78 Å². The van der Waals surface area contributed by atoms with Gasteiger partial charge in [-0.25, -0.2) is 0 Å². The summed E-state index contributed by atoms with van der Waals surface area (Å²) < 4.78 is 0. The molecule has 19 heavy (non-hydrogen) atoms. The van der Waals surface area contributed by atoms with Crippen molar-refractivity contribution in [3.05, 3.63) is 23.4 Å². The molecular formula is C17H29NO. The maximum atomic E-state index is 12.5. The summed E-state index contributed by atoms with van der Waals surface area (Å²) >= 11 is 0. The fourth-order valence-corrected chi connectivity index (χ4v) is 2.61. The number of Topliss-reactive ketones (excluding diaryl/α,β-unsaturated/α-hetero) is 1. The van der Waals surface area contributed by atoms with Crippen molar-refractivity contribution in [2.75, 3.05) is 13.1 Å². The first kappa shape index (κ1) is 16.0. The summed E-state index contributed by atoms with van der Waals surface area (Å²) in [5.74, 6) is 1.25. The van der Waals surface area contributed by atoms with E-state index >= 15 is 0 Å². The predicted octanol–water partition coefficient (Wildman–Crippen LogP) is 4.04. The van der Waals surface area contributed by atoms with Gasteiger partial charge in [-0.05, 0) is 43.3 Å². The lowest BCUT2D eigenvalue weighted by molar-refractivity contribution is -0.121. The summed E-state index contributed by atoms with van der Waals surface area (Å²) in [6.07, 6.45) is 5.26. The van der Waals surface area contributed by atoms with Gasteiger partial charge in [-0.3, -0.25) is 4.79 Å². The molecule has 0 aromatic rings. The fourth-order valence-electron chi connectivity index (χ4n) is 2.61. The molecule has 0 aromatic heterocycles. The Bertz CT molecular complexity index is 373. The highest BCUT2D eigenvalue weighted by atomic mass is 16.1. The van der Waals surface area contributed by atoms with Gasteiger partial charge in [0.25, 0.3) is 0 Å². The van der Waals surface area contributed by atoms with Gasteiger partial charge in [-0.15, -0.1) is 0 Å². The van der Waals surface area contributed by atoms with E-state index < -0.39 is 0 Å². The molecule has 1 unspecified atom stereocenters. The molecule has 0 N–H and O–H groups in total. The van der Waals surface area contributed by atoms with Crippen LogP contribution in [0.25, 0.3) is 0 Å². The fraction of sp³-hybridized carbons (Fsp3) is 0.706. The zero-order valence-electron chi connectivity index (χ0n) is 13.4. The first-order valence-electron chi connectivity index (χ1n) is 7.61. The number of nitrogens with zero attached hydrogens (tertiary/aromatic N) is 1. The monoisotopic (exact) mass is 263 g/mol. The first-order valence-corrected chi connectivity index (χ1v) is 7.61. The van der Waals surface area contributed by atoms with Gasteiger partial charge in [0.05, 0.1) is 0 Å². The highest BCUT2D eigenvalue weighted by molar-refractivity contribution is 5.99. The van der Waals surface area contributed by atoms with Gasteiger partial charge in [0, 0.05) is 25.2 Å². The molecule has 0 fully saturated rings. The summed E-state index contributed by atoms with van der Waals surface area (Å²) in [6.45, 7) is 14.9. The van der Waals surface area contributed by atoms with E-state index in [0.29, 0.717) is 17.6 Å². The second kappa shape index (κ2) is 6.93. The topological polar surface area (TPSA) is 20.3 Å². The number of hydrogen-bond donors (Lipinski definition) is 0. The van der Waals surface area contributed by atoms with Crippen molar-refractivity contribution in [2.24, 2.45) is 17.8 Å². The van der Waals surface area contributed by atoms with E-state index in [0.717, 1.165) is 25.1 Å².